The summed E-state index contributed by atoms with van der Waals surface area (Å²) in [6.07, 6.45) is 1.70. The smallest absolute Gasteiger partial charge is 0.168 e. The molecule has 0 atom stereocenters. The molecule has 0 spiro atoms. The van der Waals surface area contributed by atoms with Gasteiger partial charge < -0.3 is 14.4 Å². The lowest BCUT2D eigenvalue weighted by atomic mass is 10.1. The minimum Gasteiger partial charge on any atom is -0.496 e. The van der Waals surface area contributed by atoms with Crippen molar-refractivity contribution in [3.8, 4) is 5.75 Å². The Labute approximate surface area is 117 Å². The van der Waals surface area contributed by atoms with Crippen molar-refractivity contribution in [3.05, 3.63) is 41.2 Å². The number of aromatic nitrogens is 2. The number of thioether (sulfide) groups is 1. The molecule has 0 fully saturated rings. The SMILES string of the molecule is COc1ccc(C)cc1CSc1ncc(CO)n1C. The van der Waals surface area contributed by atoms with Gasteiger partial charge in [0.1, 0.15) is 5.75 Å². The number of ether oxygens (including phenoxy) is 1. The molecule has 1 heterocycles. The first-order valence-corrected chi connectivity index (χ1v) is 7.02. The van der Waals surface area contributed by atoms with Crippen molar-refractivity contribution in [2.75, 3.05) is 7.11 Å². The first-order chi connectivity index (χ1) is 9.15. The third kappa shape index (κ3) is 3.11. The minimum absolute atomic E-state index is 0.0117. The minimum atomic E-state index is 0.0117. The molecule has 1 aromatic carbocycles. The number of rotatable bonds is 5. The third-order valence-electron chi connectivity index (χ3n) is 3.00. The summed E-state index contributed by atoms with van der Waals surface area (Å²) >= 11 is 1.64. The molecule has 5 heteroatoms. The number of imidazole rings is 1. The second-order valence-electron chi connectivity index (χ2n) is 4.35. The number of aliphatic hydroxyl groups is 1. The summed E-state index contributed by atoms with van der Waals surface area (Å²) in [4.78, 5) is 4.30. The highest BCUT2D eigenvalue weighted by Crippen LogP contribution is 2.28. The molecule has 102 valence electrons. The van der Waals surface area contributed by atoms with Gasteiger partial charge in [-0.3, -0.25) is 0 Å². The van der Waals surface area contributed by atoms with Crippen LogP contribution in [-0.4, -0.2) is 21.8 Å². The molecule has 1 aromatic heterocycles. The van der Waals surface area contributed by atoms with Crippen LogP contribution in [0.2, 0.25) is 0 Å². The lowest BCUT2D eigenvalue weighted by Gasteiger charge is -2.09. The number of hydrogen-bond acceptors (Lipinski definition) is 4. The molecule has 0 unspecified atom stereocenters. The molecule has 0 amide bonds. The highest BCUT2D eigenvalue weighted by molar-refractivity contribution is 7.98. The molecular weight excluding hydrogens is 260 g/mol. The molecule has 0 saturated heterocycles. The maximum Gasteiger partial charge on any atom is 0.168 e. The van der Waals surface area contributed by atoms with E-state index in [1.54, 1.807) is 25.1 Å². The molecule has 0 saturated carbocycles. The van der Waals surface area contributed by atoms with E-state index in [1.807, 2.05) is 23.7 Å². The number of aryl methyl sites for hydroxylation is 1. The lowest BCUT2D eigenvalue weighted by molar-refractivity contribution is 0.271. The summed E-state index contributed by atoms with van der Waals surface area (Å²) < 4.78 is 7.27. The van der Waals surface area contributed by atoms with Crippen LogP contribution >= 0.6 is 11.8 Å². The van der Waals surface area contributed by atoms with Crippen LogP contribution in [0.1, 0.15) is 16.8 Å². The van der Waals surface area contributed by atoms with E-state index < -0.39 is 0 Å². The van der Waals surface area contributed by atoms with E-state index in [-0.39, 0.29) is 6.61 Å². The quantitative estimate of drug-likeness (QED) is 0.854. The van der Waals surface area contributed by atoms with Crippen LogP contribution < -0.4 is 4.74 Å². The van der Waals surface area contributed by atoms with E-state index in [1.165, 1.54) is 5.56 Å². The summed E-state index contributed by atoms with van der Waals surface area (Å²) in [5.41, 5.74) is 3.19. The third-order valence-corrected chi connectivity index (χ3v) is 4.09. The van der Waals surface area contributed by atoms with Crippen LogP contribution in [0.3, 0.4) is 0 Å². The topological polar surface area (TPSA) is 47.3 Å². The highest BCUT2D eigenvalue weighted by atomic mass is 32.2. The molecule has 4 nitrogen and oxygen atoms in total. The Hall–Kier alpha value is -1.46. The van der Waals surface area contributed by atoms with Gasteiger partial charge in [0.15, 0.2) is 5.16 Å². The predicted molar refractivity (Wildman–Crippen MR) is 76.4 cm³/mol. The summed E-state index contributed by atoms with van der Waals surface area (Å²) in [7, 11) is 3.60. The van der Waals surface area contributed by atoms with Crippen molar-refractivity contribution in [1.82, 2.24) is 9.55 Å². The molecule has 2 aromatic rings. The average molecular weight is 278 g/mol. The molecule has 0 aliphatic heterocycles. The average Bonchev–Trinajstić information content (AvgIpc) is 2.77. The van der Waals surface area contributed by atoms with Gasteiger partial charge in [0, 0.05) is 18.4 Å². The maximum atomic E-state index is 9.15. The molecule has 1 N–H and O–H groups in total. The van der Waals surface area contributed by atoms with Gasteiger partial charge in [0.25, 0.3) is 0 Å². The van der Waals surface area contributed by atoms with Crippen LogP contribution in [0.25, 0.3) is 0 Å². The van der Waals surface area contributed by atoms with Crippen molar-refractivity contribution in [2.24, 2.45) is 7.05 Å². The zero-order valence-electron chi connectivity index (χ0n) is 11.4. The van der Waals surface area contributed by atoms with E-state index >= 15 is 0 Å². The number of aliphatic hydroxyl groups excluding tert-OH is 1. The normalized spacial score (nSPS) is 10.7. The number of nitrogens with zero attached hydrogens (tertiary/aromatic N) is 2. The number of benzene rings is 1. The Morgan fingerprint density at radius 2 is 2.21 bits per heavy atom. The molecule has 19 heavy (non-hydrogen) atoms. The lowest BCUT2D eigenvalue weighted by Crippen LogP contribution is -1.98. The Morgan fingerprint density at radius 3 is 2.84 bits per heavy atom. The molecule has 0 bridgehead atoms. The van der Waals surface area contributed by atoms with Gasteiger partial charge in [0.05, 0.1) is 25.6 Å². The van der Waals surface area contributed by atoms with Crippen molar-refractivity contribution in [1.29, 1.82) is 0 Å². The van der Waals surface area contributed by atoms with Gasteiger partial charge in [-0.2, -0.15) is 0 Å². The second-order valence-corrected chi connectivity index (χ2v) is 5.30. The van der Waals surface area contributed by atoms with Crippen molar-refractivity contribution in [3.63, 3.8) is 0 Å². The summed E-state index contributed by atoms with van der Waals surface area (Å²) in [6.45, 7) is 2.08. The number of hydrogen-bond donors (Lipinski definition) is 1. The molecule has 0 aliphatic carbocycles. The Kier molecular flexibility index (Phi) is 4.50. The predicted octanol–water partition coefficient (Wildman–Crippen LogP) is 2.52. The van der Waals surface area contributed by atoms with Crippen LogP contribution in [0.15, 0.2) is 29.6 Å². The first-order valence-electron chi connectivity index (χ1n) is 6.03. The van der Waals surface area contributed by atoms with Gasteiger partial charge in [0.2, 0.25) is 0 Å². The van der Waals surface area contributed by atoms with Crippen molar-refractivity contribution in [2.45, 2.75) is 24.4 Å². The largest absolute Gasteiger partial charge is 0.496 e. The van der Waals surface area contributed by atoms with Gasteiger partial charge in [-0.25, -0.2) is 4.98 Å². The van der Waals surface area contributed by atoms with Gasteiger partial charge in [-0.15, -0.1) is 0 Å². The fourth-order valence-corrected chi connectivity index (χ4v) is 2.82. The Morgan fingerprint density at radius 1 is 1.42 bits per heavy atom. The van der Waals surface area contributed by atoms with Crippen LogP contribution in [0, 0.1) is 6.92 Å². The molecule has 2 rings (SSSR count). The van der Waals surface area contributed by atoms with E-state index in [2.05, 4.69) is 18.0 Å². The second kappa shape index (κ2) is 6.12. The monoisotopic (exact) mass is 278 g/mol. The van der Waals surface area contributed by atoms with Crippen LogP contribution in [0.4, 0.5) is 0 Å². The first kappa shape index (κ1) is 14.0. The van der Waals surface area contributed by atoms with E-state index in [0.717, 1.165) is 27.9 Å². The van der Waals surface area contributed by atoms with Crippen LogP contribution in [0.5, 0.6) is 5.75 Å². The molecule has 0 aliphatic rings. The van der Waals surface area contributed by atoms with E-state index in [9.17, 15) is 0 Å². The maximum absolute atomic E-state index is 9.15. The zero-order valence-corrected chi connectivity index (χ0v) is 12.2. The number of methoxy groups -OCH3 is 1. The van der Waals surface area contributed by atoms with Gasteiger partial charge in [-0.1, -0.05) is 29.5 Å². The van der Waals surface area contributed by atoms with Gasteiger partial charge >= 0.3 is 0 Å². The summed E-state index contributed by atoms with van der Waals surface area (Å²) in [5.74, 6) is 1.69. The zero-order chi connectivity index (χ0) is 13.8. The van der Waals surface area contributed by atoms with Gasteiger partial charge in [-0.05, 0) is 13.0 Å². The standard InChI is InChI=1S/C14H18N2O2S/c1-10-4-5-13(18-3)11(6-10)9-19-14-15-7-12(8-17)16(14)2/h4-7,17H,8-9H2,1-3H3. The fraction of sp³-hybridized carbons (Fsp3) is 0.357. The Bertz CT molecular complexity index is 567. The molecule has 0 radical (unpaired) electrons. The van der Waals surface area contributed by atoms with Crippen molar-refractivity contribution < 1.29 is 9.84 Å². The molecular formula is C14H18N2O2S. The Balaban J connectivity index is 2.13. The summed E-state index contributed by atoms with van der Waals surface area (Å²) in [6, 6.07) is 6.15. The van der Waals surface area contributed by atoms with E-state index in [0.29, 0.717) is 0 Å². The van der Waals surface area contributed by atoms with Crippen molar-refractivity contribution >= 4 is 11.8 Å². The van der Waals surface area contributed by atoms with Crippen LogP contribution in [-0.2, 0) is 19.4 Å². The fourth-order valence-electron chi connectivity index (χ4n) is 1.87. The summed E-state index contributed by atoms with van der Waals surface area (Å²) in [5, 5.41) is 10.0. The highest BCUT2D eigenvalue weighted by Gasteiger charge is 2.09. The van der Waals surface area contributed by atoms with E-state index in [4.69, 9.17) is 9.84 Å².